The van der Waals surface area contributed by atoms with E-state index < -0.39 is 5.97 Å². The standard InChI is InChI=1S/C12H18N2O2/c1-3-7-14(8-4-2)11-5-6-13-9-10(11)12(15)16/h5-6,9H,3-4,7-8H2,1-2H3,(H,15,16). The van der Waals surface area contributed by atoms with Crippen LogP contribution >= 0.6 is 0 Å². The number of aromatic nitrogens is 1. The van der Waals surface area contributed by atoms with E-state index in [-0.39, 0.29) is 5.56 Å². The molecule has 16 heavy (non-hydrogen) atoms. The van der Waals surface area contributed by atoms with E-state index in [4.69, 9.17) is 5.11 Å². The number of anilines is 1. The summed E-state index contributed by atoms with van der Waals surface area (Å²) in [5, 5.41) is 9.08. The Balaban J connectivity index is 3.02. The summed E-state index contributed by atoms with van der Waals surface area (Å²) in [5.74, 6) is -0.916. The lowest BCUT2D eigenvalue weighted by Crippen LogP contribution is -2.26. The molecule has 4 nitrogen and oxygen atoms in total. The first-order valence-corrected chi connectivity index (χ1v) is 5.63. The molecule has 1 aromatic rings. The van der Waals surface area contributed by atoms with Crippen molar-refractivity contribution in [1.29, 1.82) is 0 Å². The molecule has 0 aliphatic carbocycles. The van der Waals surface area contributed by atoms with Crippen molar-refractivity contribution in [3.8, 4) is 0 Å². The van der Waals surface area contributed by atoms with Crippen LogP contribution in [0.1, 0.15) is 37.0 Å². The Kier molecular flexibility index (Phi) is 4.76. The summed E-state index contributed by atoms with van der Waals surface area (Å²) in [6.07, 6.45) is 5.05. The van der Waals surface area contributed by atoms with Crippen LogP contribution in [0.2, 0.25) is 0 Å². The van der Waals surface area contributed by atoms with Crippen molar-refractivity contribution >= 4 is 11.7 Å². The molecule has 1 N–H and O–H groups in total. The zero-order valence-electron chi connectivity index (χ0n) is 9.81. The smallest absolute Gasteiger partial charge is 0.339 e. The molecule has 0 saturated heterocycles. The summed E-state index contributed by atoms with van der Waals surface area (Å²) in [6, 6.07) is 1.77. The number of carbonyl (C=O) groups is 1. The maximum Gasteiger partial charge on any atom is 0.339 e. The normalized spacial score (nSPS) is 10.1. The first-order valence-electron chi connectivity index (χ1n) is 5.63. The highest BCUT2D eigenvalue weighted by Gasteiger charge is 2.14. The Hall–Kier alpha value is -1.58. The van der Waals surface area contributed by atoms with Crippen LogP contribution in [-0.2, 0) is 0 Å². The molecule has 0 fully saturated rings. The minimum atomic E-state index is -0.916. The van der Waals surface area contributed by atoms with Gasteiger partial charge in [-0.05, 0) is 18.9 Å². The fourth-order valence-corrected chi connectivity index (χ4v) is 1.72. The molecule has 0 spiro atoms. The highest BCUT2D eigenvalue weighted by Crippen LogP contribution is 2.19. The maximum atomic E-state index is 11.1. The largest absolute Gasteiger partial charge is 0.478 e. The number of aromatic carboxylic acids is 1. The van der Waals surface area contributed by atoms with Gasteiger partial charge in [0.15, 0.2) is 0 Å². The minimum Gasteiger partial charge on any atom is -0.478 e. The number of carboxylic acid groups (broad SMARTS) is 1. The van der Waals surface area contributed by atoms with Gasteiger partial charge in [-0.25, -0.2) is 4.79 Å². The Morgan fingerprint density at radius 3 is 2.50 bits per heavy atom. The van der Waals surface area contributed by atoms with Gasteiger partial charge in [0.05, 0.1) is 5.69 Å². The first kappa shape index (κ1) is 12.5. The molecule has 0 aliphatic heterocycles. The molecule has 0 saturated carbocycles. The average Bonchev–Trinajstić information content (AvgIpc) is 2.29. The van der Waals surface area contributed by atoms with Crippen LogP contribution in [0.15, 0.2) is 18.5 Å². The zero-order chi connectivity index (χ0) is 12.0. The van der Waals surface area contributed by atoms with Gasteiger partial charge in [-0.3, -0.25) is 4.98 Å². The van der Waals surface area contributed by atoms with E-state index >= 15 is 0 Å². The third kappa shape index (κ3) is 2.95. The second-order valence-electron chi connectivity index (χ2n) is 3.69. The third-order valence-corrected chi connectivity index (χ3v) is 2.36. The molecular formula is C12H18N2O2. The van der Waals surface area contributed by atoms with Gasteiger partial charge in [-0.1, -0.05) is 13.8 Å². The molecule has 0 atom stereocenters. The molecule has 4 heteroatoms. The van der Waals surface area contributed by atoms with Crippen molar-refractivity contribution in [1.82, 2.24) is 4.98 Å². The van der Waals surface area contributed by atoms with Crippen LogP contribution in [0.3, 0.4) is 0 Å². The third-order valence-electron chi connectivity index (χ3n) is 2.36. The van der Waals surface area contributed by atoms with E-state index in [2.05, 4.69) is 23.7 Å². The molecular weight excluding hydrogens is 204 g/mol. The van der Waals surface area contributed by atoms with E-state index in [0.717, 1.165) is 31.6 Å². The fraction of sp³-hybridized carbons (Fsp3) is 0.500. The molecule has 0 unspecified atom stereocenters. The molecule has 0 radical (unpaired) electrons. The van der Waals surface area contributed by atoms with E-state index in [9.17, 15) is 4.79 Å². The van der Waals surface area contributed by atoms with Crippen LogP contribution < -0.4 is 4.90 Å². The van der Waals surface area contributed by atoms with Crippen molar-refractivity contribution < 1.29 is 9.90 Å². The Morgan fingerprint density at radius 1 is 1.38 bits per heavy atom. The van der Waals surface area contributed by atoms with Crippen molar-refractivity contribution in [2.24, 2.45) is 0 Å². The molecule has 1 heterocycles. The number of nitrogens with zero attached hydrogens (tertiary/aromatic N) is 2. The Morgan fingerprint density at radius 2 is 2.00 bits per heavy atom. The molecule has 0 aromatic carbocycles. The highest BCUT2D eigenvalue weighted by molar-refractivity contribution is 5.94. The van der Waals surface area contributed by atoms with Gasteiger partial charge in [0.2, 0.25) is 0 Å². The maximum absolute atomic E-state index is 11.1. The summed E-state index contributed by atoms with van der Waals surface area (Å²) in [6.45, 7) is 5.92. The SMILES string of the molecule is CCCN(CCC)c1ccncc1C(=O)O. The lowest BCUT2D eigenvalue weighted by molar-refractivity contribution is 0.0697. The summed E-state index contributed by atoms with van der Waals surface area (Å²) in [5.41, 5.74) is 1.05. The molecule has 88 valence electrons. The van der Waals surface area contributed by atoms with Crippen LogP contribution in [-0.4, -0.2) is 29.1 Å². The Labute approximate surface area is 95.9 Å². The van der Waals surface area contributed by atoms with E-state index in [1.807, 2.05) is 0 Å². The predicted molar refractivity (Wildman–Crippen MR) is 64.0 cm³/mol. The molecule has 0 bridgehead atoms. The van der Waals surface area contributed by atoms with Crippen LogP contribution in [0, 0.1) is 0 Å². The van der Waals surface area contributed by atoms with Crippen molar-refractivity contribution in [2.45, 2.75) is 26.7 Å². The summed E-state index contributed by atoms with van der Waals surface area (Å²) < 4.78 is 0. The second kappa shape index (κ2) is 6.10. The molecule has 1 aromatic heterocycles. The summed E-state index contributed by atoms with van der Waals surface area (Å²) in [4.78, 5) is 17.0. The van der Waals surface area contributed by atoms with Crippen LogP contribution in [0.4, 0.5) is 5.69 Å². The number of rotatable bonds is 6. The van der Waals surface area contributed by atoms with Gasteiger partial charge in [-0.15, -0.1) is 0 Å². The monoisotopic (exact) mass is 222 g/mol. The van der Waals surface area contributed by atoms with Crippen LogP contribution in [0.5, 0.6) is 0 Å². The van der Waals surface area contributed by atoms with Crippen LogP contribution in [0.25, 0.3) is 0 Å². The first-order chi connectivity index (χ1) is 7.70. The van der Waals surface area contributed by atoms with Gasteiger partial charge >= 0.3 is 5.97 Å². The van der Waals surface area contributed by atoms with Crippen molar-refractivity contribution in [2.75, 3.05) is 18.0 Å². The number of hydrogen-bond donors (Lipinski definition) is 1. The number of carboxylic acids is 1. The summed E-state index contributed by atoms with van der Waals surface area (Å²) >= 11 is 0. The molecule has 0 amide bonds. The average molecular weight is 222 g/mol. The van der Waals surface area contributed by atoms with E-state index in [1.165, 1.54) is 6.20 Å². The quantitative estimate of drug-likeness (QED) is 0.803. The Bertz CT molecular complexity index is 347. The van der Waals surface area contributed by atoms with Gasteiger partial charge in [0, 0.05) is 25.5 Å². The molecule has 0 aliphatic rings. The van der Waals surface area contributed by atoms with Crippen molar-refractivity contribution in [3.05, 3.63) is 24.0 Å². The minimum absolute atomic E-state index is 0.282. The summed E-state index contributed by atoms with van der Waals surface area (Å²) in [7, 11) is 0. The lowest BCUT2D eigenvalue weighted by Gasteiger charge is -2.24. The van der Waals surface area contributed by atoms with Crippen molar-refractivity contribution in [3.63, 3.8) is 0 Å². The van der Waals surface area contributed by atoms with Gasteiger partial charge in [0.1, 0.15) is 5.56 Å². The second-order valence-corrected chi connectivity index (χ2v) is 3.69. The lowest BCUT2D eigenvalue weighted by atomic mass is 10.2. The predicted octanol–water partition coefficient (Wildman–Crippen LogP) is 2.41. The van der Waals surface area contributed by atoms with E-state index in [0.29, 0.717) is 0 Å². The number of pyridine rings is 1. The fourth-order valence-electron chi connectivity index (χ4n) is 1.72. The van der Waals surface area contributed by atoms with Gasteiger partial charge < -0.3 is 10.0 Å². The topological polar surface area (TPSA) is 53.4 Å². The highest BCUT2D eigenvalue weighted by atomic mass is 16.4. The number of hydrogen-bond acceptors (Lipinski definition) is 3. The molecule has 1 rings (SSSR count). The van der Waals surface area contributed by atoms with Gasteiger partial charge in [0.25, 0.3) is 0 Å². The van der Waals surface area contributed by atoms with Gasteiger partial charge in [-0.2, -0.15) is 0 Å². The van der Waals surface area contributed by atoms with E-state index in [1.54, 1.807) is 12.3 Å². The zero-order valence-corrected chi connectivity index (χ0v) is 9.81.